The molecule has 0 radical (unpaired) electrons. The third-order valence-corrected chi connectivity index (χ3v) is 2.11. The lowest BCUT2D eigenvalue weighted by Crippen LogP contribution is -2.35. The molecular formula is C12H19N3O3. The summed E-state index contributed by atoms with van der Waals surface area (Å²) in [4.78, 5) is 30.8. The summed E-state index contributed by atoms with van der Waals surface area (Å²) >= 11 is 0. The zero-order valence-corrected chi connectivity index (χ0v) is 11.2. The fraction of sp³-hybridized carbons (Fsp3) is 0.583. The van der Waals surface area contributed by atoms with Crippen molar-refractivity contribution in [2.24, 2.45) is 0 Å². The van der Waals surface area contributed by atoms with Crippen LogP contribution < -0.4 is 5.56 Å². The Hall–Kier alpha value is -1.85. The zero-order chi connectivity index (χ0) is 13.8. The van der Waals surface area contributed by atoms with Crippen LogP contribution in [0.2, 0.25) is 0 Å². The first-order valence-corrected chi connectivity index (χ1v) is 5.76. The summed E-state index contributed by atoms with van der Waals surface area (Å²) in [6.07, 6.45) is 1.54. The Bertz CT molecular complexity index is 462. The first-order chi connectivity index (χ1) is 8.28. The second kappa shape index (κ2) is 5.66. The Labute approximate surface area is 106 Å². The van der Waals surface area contributed by atoms with Gasteiger partial charge in [0.05, 0.1) is 0 Å². The normalized spacial score (nSPS) is 11.1. The molecule has 6 heteroatoms. The highest BCUT2D eigenvalue weighted by atomic mass is 16.6. The lowest BCUT2D eigenvalue weighted by Gasteiger charge is -2.24. The van der Waals surface area contributed by atoms with Gasteiger partial charge >= 0.3 is 6.09 Å². The van der Waals surface area contributed by atoms with E-state index in [0.717, 1.165) is 0 Å². The summed E-state index contributed by atoms with van der Waals surface area (Å²) in [5.41, 5.74) is -0.704. The fourth-order valence-electron chi connectivity index (χ4n) is 1.24. The number of carbonyl (C=O) groups excluding carboxylic acids is 1. The number of rotatable bonds is 3. The maximum atomic E-state index is 11.7. The number of carbonyl (C=O) groups is 1. The minimum absolute atomic E-state index is 0.195. The SMILES string of the molecule is CN(CCc1nccc(=O)[nH]1)C(=O)OC(C)(C)C. The Balaban J connectivity index is 2.48. The molecule has 0 atom stereocenters. The Morgan fingerprint density at radius 2 is 2.17 bits per heavy atom. The number of hydrogen-bond donors (Lipinski definition) is 1. The summed E-state index contributed by atoms with van der Waals surface area (Å²) in [7, 11) is 1.65. The minimum atomic E-state index is -0.509. The summed E-state index contributed by atoms with van der Waals surface area (Å²) in [6, 6.07) is 1.35. The molecular weight excluding hydrogens is 234 g/mol. The van der Waals surface area contributed by atoms with Crippen LogP contribution in [0.1, 0.15) is 26.6 Å². The summed E-state index contributed by atoms with van der Waals surface area (Å²) in [5, 5.41) is 0. The standard InChI is InChI=1S/C12H19N3O3/c1-12(2,3)18-11(17)15(4)8-6-9-13-7-5-10(16)14-9/h5,7H,6,8H2,1-4H3,(H,13,14,16). The van der Waals surface area contributed by atoms with Gasteiger partial charge in [-0.3, -0.25) is 4.79 Å². The van der Waals surface area contributed by atoms with Crippen molar-refractivity contribution in [2.75, 3.05) is 13.6 Å². The topological polar surface area (TPSA) is 75.3 Å². The van der Waals surface area contributed by atoms with Crippen molar-refractivity contribution < 1.29 is 9.53 Å². The lowest BCUT2D eigenvalue weighted by molar-refractivity contribution is 0.0300. The van der Waals surface area contributed by atoms with E-state index in [1.165, 1.54) is 17.2 Å². The smallest absolute Gasteiger partial charge is 0.410 e. The van der Waals surface area contributed by atoms with E-state index in [-0.39, 0.29) is 11.7 Å². The van der Waals surface area contributed by atoms with Gasteiger partial charge in [-0.05, 0) is 20.8 Å². The lowest BCUT2D eigenvalue weighted by atomic mass is 10.2. The van der Waals surface area contributed by atoms with Gasteiger partial charge in [0.25, 0.3) is 5.56 Å². The molecule has 6 nitrogen and oxygen atoms in total. The molecule has 0 unspecified atom stereocenters. The van der Waals surface area contributed by atoms with Gasteiger partial charge in [-0.2, -0.15) is 0 Å². The van der Waals surface area contributed by atoms with E-state index in [1.54, 1.807) is 7.05 Å². The molecule has 0 saturated heterocycles. The van der Waals surface area contributed by atoms with Gasteiger partial charge in [-0.15, -0.1) is 0 Å². The van der Waals surface area contributed by atoms with Crippen LogP contribution in [0.3, 0.4) is 0 Å². The summed E-state index contributed by atoms with van der Waals surface area (Å²) < 4.78 is 5.21. The molecule has 1 aromatic rings. The Kier molecular flexibility index (Phi) is 4.47. The second-order valence-corrected chi connectivity index (χ2v) is 5.03. The molecule has 1 aromatic heterocycles. The average molecular weight is 253 g/mol. The van der Waals surface area contributed by atoms with Crippen LogP contribution in [0, 0.1) is 0 Å². The summed E-state index contributed by atoms with van der Waals surface area (Å²) in [6.45, 7) is 5.88. The molecule has 0 fully saturated rings. The molecule has 0 aromatic carbocycles. The third kappa shape index (κ3) is 4.99. The highest BCUT2D eigenvalue weighted by molar-refractivity contribution is 5.67. The van der Waals surface area contributed by atoms with Crippen LogP contribution in [-0.4, -0.2) is 40.2 Å². The quantitative estimate of drug-likeness (QED) is 0.877. The van der Waals surface area contributed by atoms with E-state index >= 15 is 0 Å². The molecule has 100 valence electrons. The third-order valence-electron chi connectivity index (χ3n) is 2.11. The van der Waals surface area contributed by atoms with Crippen molar-refractivity contribution in [1.29, 1.82) is 0 Å². The molecule has 0 aliphatic rings. The van der Waals surface area contributed by atoms with Crippen LogP contribution in [0.25, 0.3) is 0 Å². The molecule has 0 bridgehead atoms. The number of hydrogen-bond acceptors (Lipinski definition) is 4. The second-order valence-electron chi connectivity index (χ2n) is 5.03. The van der Waals surface area contributed by atoms with Crippen LogP contribution >= 0.6 is 0 Å². The van der Waals surface area contributed by atoms with Crippen LogP contribution in [0.4, 0.5) is 4.79 Å². The van der Waals surface area contributed by atoms with Gasteiger partial charge in [0, 0.05) is 32.3 Å². The largest absolute Gasteiger partial charge is 0.444 e. The summed E-state index contributed by atoms with van der Waals surface area (Å²) in [5.74, 6) is 0.554. The van der Waals surface area contributed by atoms with E-state index in [1.807, 2.05) is 20.8 Å². The number of nitrogens with one attached hydrogen (secondary N) is 1. The molecule has 1 heterocycles. The number of aromatic amines is 1. The molecule has 1 N–H and O–H groups in total. The number of likely N-dealkylation sites (N-methyl/N-ethyl adjacent to an activating group) is 1. The average Bonchev–Trinajstić information content (AvgIpc) is 2.23. The number of ether oxygens (including phenoxy) is 1. The monoisotopic (exact) mass is 253 g/mol. The number of aromatic nitrogens is 2. The van der Waals surface area contributed by atoms with Gasteiger partial charge in [0.1, 0.15) is 11.4 Å². The van der Waals surface area contributed by atoms with Crippen molar-refractivity contribution >= 4 is 6.09 Å². The Morgan fingerprint density at radius 1 is 1.50 bits per heavy atom. The van der Waals surface area contributed by atoms with Gasteiger partial charge in [-0.1, -0.05) is 0 Å². The van der Waals surface area contributed by atoms with E-state index < -0.39 is 5.60 Å². The van der Waals surface area contributed by atoms with Crippen LogP contribution in [0.15, 0.2) is 17.1 Å². The first kappa shape index (κ1) is 14.2. The van der Waals surface area contributed by atoms with Crippen molar-refractivity contribution in [3.05, 3.63) is 28.4 Å². The predicted octanol–water partition coefficient (Wildman–Crippen LogP) is 1.18. The molecule has 0 saturated carbocycles. The number of amides is 1. The van der Waals surface area contributed by atoms with Gasteiger partial charge in [0.2, 0.25) is 0 Å². The molecule has 0 spiro atoms. The van der Waals surface area contributed by atoms with E-state index in [4.69, 9.17) is 4.74 Å². The molecule has 0 aliphatic heterocycles. The number of nitrogens with zero attached hydrogens (tertiary/aromatic N) is 2. The Morgan fingerprint density at radius 3 is 2.72 bits per heavy atom. The zero-order valence-electron chi connectivity index (χ0n) is 11.2. The molecule has 0 aliphatic carbocycles. The highest BCUT2D eigenvalue weighted by Crippen LogP contribution is 2.09. The highest BCUT2D eigenvalue weighted by Gasteiger charge is 2.19. The maximum absolute atomic E-state index is 11.7. The van der Waals surface area contributed by atoms with Crippen molar-refractivity contribution in [2.45, 2.75) is 32.8 Å². The van der Waals surface area contributed by atoms with Gasteiger partial charge < -0.3 is 14.6 Å². The first-order valence-electron chi connectivity index (χ1n) is 5.76. The number of H-pyrrole nitrogens is 1. The van der Waals surface area contributed by atoms with Crippen LogP contribution in [-0.2, 0) is 11.2 Å². The van der Waals surface area contributed by atoms with Gasteiger partial charge in [-0.25, -0.2) is 9.78 Å². The van der Waals surface area contributed by atoms with Crippen LogP contribution in [0.5, 0.6) is 0 Å². The van der Waals surface area contributed by atoms with Crippen molar-refractivity contribution in [3.63, 3.8) is 0 Å². The maximum Gasteiger partial charge on any atom is 0.410 e. The van der Waals surface area contributed by atoms with Gasteiger partial charge in [0.15, 0.2) is 0 Å². The van der Waals surface area contributed by atoms with E-state index in [9.17, 15) is 9.59 Å². The van der Waals surface area contributed by atoms with Crippen molar-refractivity contribution in [1.82, 2.24) is 14.9 Å². The molecule has 1 amide bonds. The molecule has 18 heavy (non-hydrogen) atoms. The van der Waals surface area contributed by atoms with E-state index in [0.29, 0.717) is 18.8 Å². The van der Waals surface area contributed by atoms with Crippen molar-refractivity contribution in [3.8, 4) is 0 Å². The fourth-order valence-corrected chi connectivity index (χ4v) is 1.24. The van der Waals surface area contributed by atoms with E-state index in [2.05, 4.69) is 9.97 Å². The molecule has 1 rings (SSSR count). The minimum Gasteiger partial charge on any atom is -0.444 e. The predicted molar refractivity (Wildman–Crippen MR) is 67.4 cm³/mol.